The fourth-order valence-corrected chi connectivity index (χ4v) is 4.41. The van der Waals surface area contributed by atoms with Crippen molar-refractivity contribution in [3.63, 3.8) is 0 Å². The lowest BCUT2D eigenvalue weighted by Gasteiger charge is -2.33. The fraction of sp³-hybridized carbons (Fsp3) is 0.643. The highest BCUT2D eigenvalue weighted by Gasteiger charge is 2.29. The van der Waals surface area contributed by atoms with Gasteiger partial charge in [0.15, 0.2) is 0 Å². The largest absolute Gasteiger partial charge is 0.346 e. The van der Waals surface area contributed by atoms with E-state index < -0.39 is 10.0 Å². The Balaban J connectivity index is 2.98. The molecule has 3 N–H and O–H groups in total. The maximum absolute atomic E-state index is 12.4. The molecule has 1 heterocycles. The van der Waals surface area contributed by atoms with Crippen LogP contribution in [-0.4, -0.2) is 19.9 Å². The molecule has 1 amide bonds. The number of hydrogen-bond acceptors (Lipinski definition) is 4. The van der Waals surface area contributed by atoms with Crippen molar-refractivity contribution in [1.82, 2.24) is 5.32 Å². The molecular weight excluding hydrogens is 308 g/mol. The first kappa shape index (κ1) is 18.1. The second kappa shape index (κ2) is 5.70. The normalized spacial score (nSPS) is 13.3. The van der Waals surface area contributed by atoms with Crippen molar-refractivity contribution in [2.45, 2.75) is 57.7 Å². The number of nitrogens with two attached hydrogens (primary N) is 1. The lowest BCUT2D eigenvalue weighted by Crippen LogP contribution is -2.45. The van der Waals surface area contributed by atoms with Gasteiger partial charge < -0.3 is 5.32 Å². The number of nitrogens with one attached hydrogen (secondary N) is 1. The summed E-state index contributed by atoms with van der Waals surface area (Å²) in [5, 5.41) is 8.07. The fourth-order valence-electron chi connectivity index (χ4n) is 2.55. The number of hydrogen-bond donors (Lipinski definition) is 2. The SMILES string of the molecule is Cc1cc(S(N)(=O)=O)sc1C(=O)NC(C)(C)CC(C)(C)C. The van der Waals surface area contributed by atoms with Gasteiger partial charge >= 0.3 is 0 Å². The van der Waals surface area contributed by atoms with Gasteiger partial charge in [0.05, 0.1) is 4.88 Å². The zero-order valence-electron chi connectivity index (χ0n) is 13.4. The molecule has 7 heteroatoms. The van der Waals surface area contributed by atoms with E-state index in [0.717, 1.165) is 17.8 Å². The molecule has 0 bridgehead atoms. The molecule has 0 aliphatic rings. The maximum atomic E-state index is 12.4. The summed E-state index contributed by atoms with van der Waals surface area (Å²) in [6.45, 7) is 11.9. The van der Waals surface area contributed by atoms with E-state index in [4.69, 9.17) is 5.14 Å². The van der Waals surface area contributed by atoms with Crippen LogP contribution in [0.3, 0.4) is 0 Å². The summed E-state index contributed by atoms with van der Waals surface area (Å²) in [7, 11) is -3.77. The lowest BCUT2D eigenvalue weighted by atomic mass is 9.82. The van der Waals surface area contributed by atoms with Gasteiger partial charge in [0, 0.05) is 5.54 Å². The third kappa shape index (κ3) is 5.41. The van der Waals surface area contributed by atoms with E-state index in [9.17, 15) is 13.2 Å². The minimum absolute atomic E-state index is 0.0128. The number of rotatable bonds is 4. The van der Waals surface area contributed by atoms with Crippen LogP contribution in [0.25, 0.3) is 0 Å². The predicted octanol–water partition coefficient (Wildman–Crippen LogP) is 2.65. The summed E-state index contributed by atoms with van der Waals surface area (Å²) < 4.78 is 22.7. The molecule has 1 aromatic rings. The number of thiophene rings is 1. The Morgan fingerprint density at radius 1 is 1.29 bits per heavy atom. The summed E-state index contributed by atoms with van der Waals surface area (Å²) in [5.41, 5.74) is 0.314. The summed E-state index contributed by atoms with van der Waals surface area (Å²) >= 11 is 0.908. The zero-order valence-corrected chi connectivity index (χ0v) is 15.0. The number of sulfonamides is 1. The van der Waals surface area contributed by atoms with Gasteiger partial charge in [-0.2, -0.15) is 0 Å². The van der Waals surface area contributed by atoms with E-state index in [1.165, 1.54) is 6.07 Å². The number of carbonyl (C=O) groups excluding carboxylic acids is 1. The number of amides is 1. The van der Waals surface area contributed by atoms with Crippen LogP contribution >= 0.6 is 11.3 Å². The lowest BCUT2D eigenvalue weighted by molar-refractivity contribution is 0.0895. The van der Waals surface area contributed by atoms with Crippen molar-refractivity contribution in [1.29, 1.82) is 0 Å². The number of aryl methyl sites for hydroxylation is 1. The molecule has 1 rings (SSSR count). The number of primary sulfonamides is 1. The minimum atomic E-state index is -3.77. The Labute approximate surface area is 131 Å². The molecule has 0 spiro atoms. The molecule has 0 unspecified atom stereocenters. The van der Waals surface area contributed by atoms with Crippen LogP contribution < -0.4 is 10.5 Å². The third-order valence-electron chi connectivity index (χ3n) is 2.81. The van der Waals surface area contributed by atoms with Crippen LogP contribution in [0.4, 0.5) is 0 Å². The smallest absolute Gasteiger partial charge is 0.262 e. The standard InChI is InChI=1S/C14H24N2O3S2/c1-9-7-10(21(15,18)19)20-11(9)12(17)16-14(5,6)8-13(2,3)4/h7H,8H2,1-6H3,(H,16,17)(H2,15,18,19). The molecular formula is C14H24N2O3S2. The molecule has 0 aliphatic carbocycles. The van der Waals surface area contributed by atoms with Crippen LogP contribution in [0.5, 0.6) is 0 Å². The van der Waals surface area contributed by atoms with Crippen molar-refractivity contribution in [2.24, 2.45) is 10.6 Å². The topological polar surface area (TPSA) is 89.3 Å². The van der Waals surface area contributed by atoms with E-state index in [2.05, 4.69) is 26.1 Å². The van der Waals surface area contributed by atoms with Crippen molar-refractivity contribution < 1.29 is 13.2 Å². The Morgan fingerprint density at radius 2 is 1.81 bits per heavy atom. The van der Waals surface area contributed by atoms with Gasteiger partial charge in [-0.1, -0.05) is 20.8 Å². The van der Waals surface area contributed by atoms with Gasteiger partial charge in [-0.15, -0.1) is 11.3 Å². The highest BCUT2D eigenvalue weighted by Crippen LogP contribution is 2.29. The average Bonchev–Trinajstić information content (AvgIpc) is 2.54. The highest BCUT2D eigenvalue weighted by molar-refractivity contribution is 7.91. The van der Waals surface area contributed by atoms with E-state index in [1.54, 1.807) is 6.92 Å². The van der Waals surface area contributed by atoms with E-state index >= 15 is 0 Å². The van der Waals surface area contributed by atoms with Crippen LogP contribution in [0.1, 0.15) is 56.3 Å². The molecule has 0 saturated heterocycles. The van der Waals surface area contributed by atoms with Crippen molar-refractivity contribution in [3.8, 4) is 0 Å². The summed E-state index contributed by atoms with van der Waals surface area (Å²) in [6.07, 6.45) is 0.804. The minimum Gasteiger partial charge on any atom is -0.346 e. The van der Waals surface area contributed by atoms with Crippen LogP contribution in [-0.2, 0) is 10.0 Å². The molecule has 0 fully saturated rings. The molecule has 5 nitrogen and oxygen atoms in total. The van der Waals surface area contributed by atoms with Crippen molar-refractivity contribution in [2.75, 3.05) is 0 Å². The van der Waals surface area contributed by atoms with Crippen LogP contribution in [0.15, 0.2) is 10.3 Å². The summed E-state index contributed by atoms with van der Waals surface area (Å²) in [4.78, 5) is 12.8. The molecule has 0 atom stereocenters. The predicted molar refractivity (Wildman–Crippen MR) is 86.0 cm³/mol. The second-order valence-electron chi connectivity index (χ2n) is 7.20. The first-order valence-corrected chi connectivity index (χ1v) is 9.03. The van der Waals surface area contributed by atoms with Crippen LogP contribution in [0.2, 0.25) is 0 Å². The Kier molecular flexibility index (Phi) is 4.92. The quantitative estimate of drug-likeness (QED) is 0.888. The molecule has 1 aromatic heterocycles. The summed E-state index contributed by atoms with van der Waals surface area (Å²) in [6, 6.07) is 1.44. The van der Waals surface area contributed by atoms with Gasteiger partial charge in [-0.25, -0.2) is 13.6 Å². The van der Waals surface area contributed by atoms with Gasteiger partial charge in [-0.05, 0) is 44.2 Å². The first-order chi connectivity index (χ1) is 9.21. The molecule has 0 aliphatic heterocycles. The van der Waals surface area contributed by atoms with Crippen molar-refractivity contribution in [3.05, 3.63) is 16.5 Å². The molecule has 0 aromatic carbocycles. The molecule has 120 valence electrons. The Bertz CT molecular complexity index is 638. The van der Waals surface area contributed by atoms with E-state index in [-0.39, 0.29) is 21.1 Å². The van der Waals surface area contributed by atoms with E-state index in [1.807, 2.05) is 13.8 Å². The first-order valence-electron chi connectivity index (χ1n) is 6.67. The van der Waals surface area contributed by atoms with Gasteiger partial charge in [-0.3, -0.25) is 4.79 Å². The van der Waals surface area contributed by atoms with Crippen LogP contribution in [0, 0.1) is 12.3 Å². The zero-order chi connectivity index (χ0) is 16.6. The Hall–Kier alpha value is -0.920. The molecule has 0 saturated carbocycles. The highest BCUT2D eigenvalue weighted by atomic mass is 32.2. The molecule has 21 heavy (non-hydrogen) atoms. The van der Waals surface area contributed by atoms with Gasteiger partial charge in [0.25, 0.3) is 5.91 Å². The summed E-state index contributed by atoms with van der Waals surface area (Å²) in [5.74, 6) is -0.262. The van der Waals surface area contributed by atoms with Gasteiger partial charge in [0.1, 0.15) is 4.21 Å². The number of carbonyl (C=O) groups is 1. The molecule has 0 radical (unpaired) electrons. The van der Waals surface area contributed by atoms with Gasteiger partial charge in [0.2, 0.25) is 10.0 Å². The Morgan fingerprint density at radius 3 is 2.19 bits per heavy atom. The monoisotopic (exact) mass is 332 g/mol. The second-order valence-corrected chi connectivity index (χ2v) is 10.0. The van der Waals surface area contributed by atoms with Crippen molar-refractivity contribution >= 4 is 27.3 Å². The third-order valence-corrected chi connectivity index (χ3v) is 5.46. The maximum Gasteiger partial charge on any atom is 0.262 e. The average molecular weight is 332 g/mol. The van der Waals surface area contributed by atoms with E-state index in [0.29, 0.717) is 10.4 Å².